The molecule has 1 aromatic heterocycles. The van der Waals surface area contributed by atoms with Crippen molar-refractivity contribution in [2.24, 2.45) is 0 Å². The highest BCUT2D eigenvalue weighted by Gasteiger charge is 2.19. The van der Waals surface area contributed by atoms with Crippen molar-refractivity contribution < 1.29 is 4.74 Å². The fourth-order valence-electron chi connectivity index (χ4n) is 2.19. The third-order valence-corrected chi connectivity index (χ3v) is 4.30. The minimum absolute atomic E-state index is 0.173. The van der Waals surface area contributed by atoms with E-state index in [0.29, 0.717) is 0 Å². The lowest BCUT2D eigenvalue weighted by Crippen LogP contribution is -2.23. The molecule has 1 unspecified atom stereocenters. The van der Waals surface area contributed by atoms with Crippen molar-refractivity contribution in [2.45, 2.75) is 26.3 Å². The maximum atomic E-state index is 6.09. The largest absolute Gasteiger partial charge is 0.496 e. The second kappa shape index (κ2) is 7.02. The molecule has 0 amide bonds. The van der Waals surface area contributed by atoms with Crippen LogP contribution in [0, 0.1) is 6.92 Å². The fraction of sp³-hybridized carbons (Fsp3) is 0.429. The number of likely N-dealkylation sites (N-methyl/N-ethyl adjacent to an activating group) is 1. The molecule has 1 N–H and O–H groups in total. The fourth-order valence-corrected chi connectivity index (χ4v) is 3.10. The van der Waals surface area contributed by atoms with Crippen LogP contribution in [0.15, 0.2) is 18.2 Å². The predicted molar refractivity (Wildman–Crippen MR) is 82.8 cm³/mol. The Morgan fingerprint density at radius 2 is 2.25 bits per heavy atom. The lowest BCUT2D eigenvalue weighted by molar-refractivity contribution is 0.406. The van der Waals surface area contributed by atoms with Crippen molar-refractivity contribution in [3.05, 3.63) is 39.4 Å². The van der Waals surface area contributed by atoms with E-state index >= 15 is 0 Å². The van der Waals surface area contributed by atoms with Crippen molar-refractivity contribution in [2.75, 3.05) is 13.7 Å². The van der Waals surface area contributed by atoms with Crippen molar-refractivity contribution in [3.8, 4) is 5.75 Å². The summed E-state index contributed by atoms with van der Waals surface area (Å²) in [5.74, 6) is 0.854. The van der Waals surface area contributed by atoms with E-state index in [1.807, 2.05) is 25.1 Å². The summed E-state index contributed by atoms with van der Waals surface area (Å²) in [4.78, 5) is 1.16. The molecule has 2 rings (SSSR count). The normalized spacial score (nSPS) is 12.4. The second-order valence-corrected chi connectivity index (χ2v) is 5.72. The summed E-state index contributed by atoms with van der Waals surface area (Å²) in [7, 11) is 1.68. The molecule has 0 aliphatic heterocycles. The summed E-state index contributed by atoms with van der Waals surface area (Å²) in [5, 5.41) is 8.29. The van der Waals surface area contributed by atoms with Gasteiger partial charge in [-0.25, -0.2) is 0 Å². The van der Waals surface area contributed by atoms with Crippen LogP contribution in [0.3, 0.4) is 0 Å². The van der Waals surface area contributed by atoms with E-state index in [1.54, 1.807) is 7.11 Å². The van der Waals surface area contributed by atoms with Crippen molar-refractivity contribution in [1.82, 2.24) is 14.9 Å². The first-order chi connectivity index (χ1) is 9.65. The van der Waals surface area contributed by atoms with Gasteiger partial charge in [0.25, 0.3) is 0 Å². The van der Waals surface area contributed by atoms with Crippen molar-refractivity contribution in [1.29, 1.82) is 0 Å². The molecule has 1 atom stereocenters. The van der Waals surface area contributed by atoms with Crippen LogP contribution in [0.1, 0.15) is 29.1 Å². The number of halogens is 1. The van der Waals surface area contributed by atoms with Gasteiger partial charge in [0.15, 0.2) is 0 Å². The molecular formula is C14H18ClN3OS. The Hall–Kier alpha value is -1.17. The van der Waals surface area contributed by atoms with Crippen LogP contribution in [0.25, 0.3) is 0 Å². The van der Waals surface area contributed by atoms with Crippen LogP contribution < -0.4 is 10.1 Å². The Morgan fingerprint density at radius 3 is 2.85 bits per heavy atom. The van der Waals surface area contributed by atoms with Crippen LogP contribution in [0.2, 0.25) is 5.02 Å². The molecule has 0 bridgehead atoms. The summed E-state index contributed by atoms with van der Waals surface area (Å²) >= 11 is 7.53. The molecule has 0 radical (unpaired) electrons. The molecule has 0 fully saturated rings. The van der Waals surface area contributed by atoms with Gasteiger partial charge in [0.2, 0.25) is 0 Å². The average Bonchev–Trinajstić information content (AvgIpc) is 2.85. The predicted octanol–water partition coefficient (Wildman–Crippen LogP) is 3.40. The molecule has 0 aliphatic carbocycles. The van der Waals surface area contributed by atoms with E-state index in [1.165, 1.54) is 11.5 Å². The number of aromatic nitrogens is 2. The summed E-state index contributed by atoms with van der Waals surface area (Å²) in [6.45, 7) is 4.95. The van der Waals surface area contributed by atoms with E-state index < -0.39 is 0 Å². The van der Waals surface area contributed by atoms with Crippen LogP contribution in [-0.2, 0) is 6.42 Å². The average molecular weight is 312 g/mol. The quantitative estimate of drug-likeness (QED) is 0.888. The van der Waals surface area contributed by atoms with E-state index in [4.69, 9.17) is 16.3 Å². The van der Waals surface area contributed by atoms with Gasteiger partial charge in [-0.05, 0) is 55.2 Å². The highest BCUT2D eigenvalue weighted by molar-refractivity contribution is 7.05. The number of aryl methyl sites for hydroxylation is 1. The topological polar surface area (TPSA) is 47.0 Å². The summed E-state index contributed by atoms with van der Waals surface area (Å²) in [6.07, 6.45) is 0.794. The van der Waals surface area contributed by atoms with Gasteiger partial charge in [0.1, 0.15) is 5.75 Å². The van der Waals surface area contributed by atoms with Crippen LogP contribution in [0.5, 0.6) is 5.75 Å². The molecular weight excluding hydrogens is 294 g/mol. The zero-order valence-corrected chi connectivity index (χ0v) is 13.4. The standard InChI is InChI=1S/C14H18ClN3OS/c1-4-16-12(14-9(2)17-18-20-14)8-10-7-11(15)5-6-13(10)19-3/h5-7,12,16H,4,8H2,1-3H3. The van der Waals surface area contributed by atoms with Gasteiger partial charge in [0, 0.05) is 11.1 Å². The molecule has 1 heterocycles. The highest BCUT2D eigenvalue weighted by Crippen LogP contribution is 2.29. The van der Waals surface area contributed by atoms with Gasteiger partial charge in [0.05, 0.1) is 17.7 Å². The number of methoxy groups -OCH3 is 1. The Balaban J connectivity index is 2.29. The molecule has 108 valence electrons. The first-order valence-electron chi connectivity index (χ1n) is 6.50. The summed E-state index contributed by atoms with van der Waals surface area (Å²) < 4.78 is 9.43. The molecule has 0 saturated heterocycles. The molecule has 0 saturated carbocycles. The number of rotatable bonds is 6. The molecule has 4 nitrogen and oxygen atoms in total. The monoisotopic (exact) mass is 311 g/mol. The molecule has 6 heteroatoms. The minimum atomic E-state index is 0.173. The van der Waals surface area contributed by atoms with Crippen LogP contribution in [0.4, 0.5) is 0 Å². The maximum absolute atomic E-state index is 6.09. The molecule has 0 spiro atoms. The smallest absolute Gasteiger partial charge is 0.122 e. The van der Waals surface area contributed by atoms with E-state index in [-0.39, 0.29) is 6.04 Å². The third kappa shape index (κ3) is 3.48. The lowest BCUT2D eigenvalue weighted by atomic mass is 10.0. The zero-order valence-electron chi connectivity index (χ0n) is 11.8. The van der Waals surface area contributed by atoms with Gasteiger partial charge in [-0.3, -0.25) is 0 Å². The number of nitrogens with one attached hydrogen (secondary N) is 1. The molecule has 1 aromatic carbocycles. The minimum Gasteiger partial charge on any atom is -0.496 e. The highest BCUT2D eigenvalue weighted by atomic mass is 35.5. The first-order valence-corrected chi connectivity index (χ1v) is 7.65. The van der Waals surface area contributed by atoms with Crippen LogP contribution >= 0.6 is 23.1 Å². The number of hydrogen-bond donors (Lipinski definition) is 1. The molecule has 2 aromatic rings. The lowest BCUT2D eigenvalue weighted by Gasteiger charge is -2.18. The number of benzene rings is 1. The number of hydrogen-bond acceptors (Lipinski definition) is 5. The van der Waals surface area contributed by atoms with E-state index in [9.17, 15) is 0 Å². The van der Waals surface area contributed by atoms with Gasteiger partial charge in [-0.1, -0.05) is 23.0 Å². The Morgan fingerprint density at radius 1 is 1.45 bits per heavy atom. The van der Waals surface area contributed by atoms with Gasteiger partial charge >= 0.3 is 0 Å². The molecule has 0 aliphatic rings. The maximum Gasteiger partial charge on any atom is 0.122 e. The van der Waals surface area contributed by atoms with Crippen LogP contribution in [-0.4, -0.2) is 23.2 Å². The summed E-state index contributed by atoms with van der Waals surface area (Å²) in [5.41, 5.74) is 2.06. The van der Waals surface area contributed by atoms with Gasteiger partial charge < -0.3 is 10.1 Å². The Bertz CT molecular complexity index is 573. The Kier molecular flexibility index (Phi) is 5.34. The van der Waals surface area contributed by atoms with Gasteiger partial charge in [-0.15, -0.1) is 5.10 Å². The second-order valence-electron chi connectivity index (χ2n) is 4.49. The molecule has 20 heavy (non-hydrogen) atoms. The third-order valence-electron chi connectivity index (χ3n) is 3.12. The zero-order chi connectivity index (χ0) is 14.5. The van der Waals surface area contributed by atoms with Crippen molar-refractivity contribution >= 4 is 23.1 Å². The van der Waals surface area contributed by atoms with Gasteiger partial charge in [-0.2, -0.15) is 0 Å². The summed E-state index contributed by atoms with van der Waals surface area (Å²) in [6, 6.07) is 5.87. The van der Waals surface area contributed by atoms with E-state index in [0.717, 1.165) is 39.9 Å². The SMILES string of the molecule is CCNC(Cc1cc(Cl)ccc1OC)c1snnc1C. The van der Waals surface area contributed by atoms with Crippen molar-refractivity contribution in [3.63, 3.8) is 0 Å². The Labute approximate surface area is 128 Å². The number of ether oxygens (including phenoxy) is 1. The first kappa shape index (κ1) is 15.2. The number of nitrogens with zero attached hydrogens (tertiary/aromatic N) is 2. The van der Waals surface area contributed by atoms with E-state index in [2.05, 4.69) is 21.8 Å².